The molecular weight excluding hydrogens is 308 g/mol. The van der Waals surface area contributed by atoms with Gasteiger partial charge in [-0.15, -0.1) is 8.78 Å². The molecule has 1 aliphatic rings. The molecule has 0 saturated carbocycles. The zero-order chi connectivity index (χ0) is 16.4. The molecule has 1 aliphatic heterocycles. The highest BCUT2D eigenvalue weighted by Gasteiger charge is 2.43. The molecule has 0 spiro atoms. The Morgan fingerprint density at radius 2 is 1.96 bits per heavy atom. The molecule has 0 unspecified atom stereocenters. The molecule has 0 aromatic heterocycles. The fraction of sp³-hybridized carbons (Fsp3) is 0.188. The first-order valence-corrected chi connectivity index (χ1v) is 6.76. The number of carbonyl (C=O) groups is 1. The van der Waals surface area contributed by atoms with Crippen molar-refractivity contribution < 1.29 is 27.8 Å². The highest BCUT2D eigenvalue weighted by atomic mass is 19.3. The molecule has 120 valence electrons. The Hall–Kier alpha value is -2.67. The van der Waals surface area contributed by atoms with E-state index in [1.165, 1.54) is 18.2 Å². The van der Waals surface area contributed by atoms with Gasteiger partial charge in [-0.1, -0.05) is 12.1 Å². The number of methoxy groups -OCH3 is 1. The van der Waals surface area contributed by atoms with Crippen LogP contribution in [-0.4, -0.2) is 19.3 Å². The van der Waals surface area contributed by atoms with Crippen molar-refractivity contribution in [2.45, 2.75) is 12.9 Å². The van der Waals surface area contributed by atoms with Gasteiger partial charge in [0.05, 0.1) is 6.61 Å². The predicted octanol–water partition coefficient (Wildman–Crippen LogP) is 3.41. The first-order chi connectivity index (χ1) is 11.0. The summed E-state index contributed by atoms with van der Waals surface area (Å²) in [4.78, 5) is 12.2. The molecule has 0 fully saturated rings. The highest BCUT2D eigenvalue weighted by Crippen LogP contribution is 2.42. The van der Waals surface area contributed by atoms with Gasteiger partial charge in [-0.2, -0.15) is 0 Å². The zero-order valence-corrected chi connectivity index (χ0v) is 12.1. The van der Waals surface area contributed by atoms with Crippen LogP contribution >= 0.6 is 0 Å². The fourth-order valence-corrected chi connectivity index (χ4v) is 2.20. The number of carbonyl (C=O) groups excluding carboxylic acids is 1. The molecule has 1 N–H and O–H groups in total. The van der Waals surface area contributed by atoms with Crippen molar-refractivity contribution in [1.82, 2.24) is 0 Å². The van der Waals surface area contributed by atoms with Crippen molar-refractivity contribution in [3.05, 3.63) is 53.6 Å². The smallest absolute Gasteiger partial charge is 0.395 e. The van der Waals surface area contributed by atoms with E-state index in [9.17, 15) is 13.6 Å². The normalized spacial score (nSPS) is 14.6. The molecule has 5 nitrogen and oxygen atoms in total. The summed E-state index contributed by atoms with van der Waals surface area (Å²) >= 11 is 0. The SMILES string of the molecule is COCc1cccc(C(=O)Nc2ccc3c(c2)OC(F)(F)O3)c1. The molecule has 0 saturated heterocycles. The number of ether oxygens (including phenoxy) is 3. The molecular formula is C16H13F2NO4. The molecule has 0 bridgehead atoms. The Morgan fingerprint density at radius 3 is 2.74 bits per heavy atom. The molecule has 0 atom stereocenters. The van der Waals surface area contributed by atoms with Crippen LogP contribution < -0.4 is 14.8 Å². The molecule has 1 heterocycles. The van der Waals surface area contributed by atoms with Crippen molar-refractivity contribution in [3.63, 3.8) is 0 Å². The van der Waals surface area contributed by atoms with Crippen LogP contribution in [0, 0.1) is 0 Å². The van der Waals surface area contributed by atoms with Crippen LogP contribution in [-0.2, 0) is 11.3 Å². The number of benzene rings is 2. The second-order valence-corrected chi connectivity index (χ2v) is 4.92. The second kappa shape index (κ2) is 5.85. The van der Waals surface area contributed by atoms with Crippen LogP contribution in [0.25, 0.3) is 0 Å². The summed E-state index contributed by atoms with van der Waals surface area (Å²) in [5.41, 5.74) is 1.61. The van der Waals surface area contributed by atoms with Gasteiger partial charge in [0.25, 0.3) is 5.91 Å². The van der Waals surface area contributed by atoms with Gasteiger partial charge in [-0.25, -0.2) is 0 Å². The number of hydrogen-bond donors (Lipinski definition) is 1. The summed E-state index contributed by atoms with van der Waals surface area (Å²) in [5.74, 6) is -0.565. The van der Waals surface area contributed by atoms with E-state index >= 15 is 0 Å². The maximum absolute atomic E-state index is 13.0. The summed E-state index contributed by atoms with van der Waals surface area (Å²) < 4.78 is 39.6. The zero-order valence-electron chi connectivity index (χ0n) is 12.1. The van der Waals surface area contributed by atoms with E-state index in [1.807, 2.05) is 6.07 Å². The number of fused-ring (bicyclic) bond motifs is 1. The van der Waals surface area contributed by atoms with E-state index in [0.29, 0.717) is 17.9 Å². The van der Waals surface area contributed by atoms with E-state index in [-0.39, 0.29) is 17.4 Å². The number of halogens is 2. The van der Waals surface area contributed by atoms with Gasteiger partial charge < -0.3 is 19.5 Å². The van der Waals surface area contributed by atoms with Crippen LogP contribution in [0.3, 0.4) is 0 Å². The van der Waals surface area contributed by atoms with E-state index in [0.717, 1.165) is 5.56 Å². The standard InChI is InChI=1S/C16H13F2NO4/c1-21-9-10-3-2-4-11(7-10)15(20)19-12-5-6-13-14(8-12)23-16(17,18)22-13/h2-8H,9H2,1H3,(H,19,20). The van der Waals surface area contributed by atoms with Crippen molar-refractivity contribution in [3.8, 4) is 11.5 Å². The minimum absolute atomic E-state index is 0.0740. The number of anilines is 1. The van der Waals surface area contributed by atoms with Crippen molar-refractivity contribution >= 4 is 11.6 Å². The largest absolute Gasteiger partial charge is 0.586 e. The lowest BCUT2D eigenvalue weighted by molar-refractivity contribution is -0.286. The quantitative estimate of drug-likeness (QED) is 0.937. The average Bonchev–Trinajstić information content (AvgIpc) is 2.81. The highest BCUT2D eigenvalue weighted by molar-refractivity contribution is 6.04. The van der Waals surface area contributed by atoms with Crippen LogP contribution in [0.15, 0.2) is 42.5 Å². The lowest BCUT2D eigenvalue weighted by Gasteiger charge is -2.07. The monoisotopic (exact) mass is 321 g/mol. The lowest BCUT2D eigenvalue weighted by Crippen LogP contribution is -2.25. The van der Waals surface area contributed by atoms with Crippen LogP contribution in [0.1, 0.15) is 15.9 Å². The minimum atomic E-state index is -3.68. The summed E-state index contributed by atoms with van der Waals surface area (Å²) in [6.45, 7) is 0.389. The van der Waals surface area contributed by atoms with Gasteiger partial charge in [0.15, 0.2) is 11.5 Å². The van der Waals surface area contributed by atoms with Crippen LogP contribution in [0.2, 0.25) is 0 Å². The van der Waals surface area contributed by atoms with Crippen LogP contribution in [0.5, 0.6) is 11.5 Å². The summed E-state index contributed by atoms with van der Waals surface area (Å²) in [5, 5.41) is 2.62. The number of nitrogens with one attached hydrogen (secondary N) is 1. The molecule has 2 aromatic rings. The predicted molar refractivity (Wildman–Crippen MR) is 77.8 cm³/mol. The maximum atomic E-state index is 13.0. The summed E-state index contributed by atoms with van der Waals surface area (Å²) in [7, 11) is 1.56. The molecule has 1 amide bonds. The Balaban J connectivity index is 1.75. The summed E-state index contributed by atoms with van der Waals surface area (Å²) in [6.07, 6.45) is -3.68. The van der Waals surface area contributed by atoms with Crippen molar-refractivity contribution in [1.29, 1.82) is 0 Å². The molecule has 23 heavy (non-hydrogen) atoms. The van der Waals surface area contributed by atoms with Gasteiger partial charge in [-0.3, -0.25) is 4.79 Å². The van der Waals surface area contributed by atoms with Crippen LogP contribution in [0.4, 0.5) is 14.5 Å². The van der Waals surface area contributed by atoms with Crippen molar-refractivity contribution in [2.75, 3.05) is 12.4 Å². The number of hydrogen-bond acceptors (Lipinski definition) is 4. The van der Waals surface area contributed by atoms with Gasteiger partial charge >= 0.3 is 6.29 Å². The fourth-order valence-electron chi connectivity index (χ4n) is 2.20. The first kappa shape index (κ1) is 15.2. The number of rotatable bonds is 4. The molecule has 7 heteroatoms. The summed E-state index contributed by atoms with van der Waals surface area (Å²) in [6, 6.07) is 11.0. The third-order valence-corrected chi connectivity index (χ3v) is 3.16. The Bertz CT molecular complexity index is 749. The minimum Gasteiger partial charge on any atom is -0.395 e. The third kappa shape index (κ3) is 3.40. The van der Waals surface area contributed by atoms with Gasteiger partial charge in [0, 0.05) is 24.4 Å². The average molecular weight is 321 g/mol. The molecule has 0 aliphatic carbocycles. The topological polar surface area (TPSA) is 56.8 Å². The number of amides is 1. The van der Waals surface area contributed by atoms with E-state index in [4.69, 9.17) is 4.74 Å². The Morgan fingerprint density at radius 1 is 1.17 bits per heavy atom. The van der Waals surface area contributed by atoms with E-state index in [2.05, 4.69) is 14.8 Å². The molecule has 3 rings (SSSR count). The second-order valence-electron chi connectivity index (χ2n) is 4.92. The lowest BCUT2D eigenvalue weighted by atomic mass is 10.1. The first-order valence-electron chi connectivity index (χ1n) is 6.76. The van der Waals surface area contributed by atoms with Gasteiger partial charge in [0.2, 0.25) is 0 Å². The van der Waals surface area contributed by atoms with E-state index < -0.39 is 6.29 Å². The van der Waals surface area contributed by atoms with Crippen molar-refractivity contribution in [2.24, 2.45) is 0 Å². The molecule has 2 aromatic carbocycles. The van der Waals surface area contributed by atoms with Gasteiger partial charge in [-0.05, 0) is 29.8 Å². The maximum Gasteiger partial charge on any atom is 0.586 e. The Kier molecular flexibility index (Phi) is 3.87. The van der Waals surface area contributed by atoms with Gasteiger partial charge in [0.1, 0.15) is 0 Å². The van der Waals surface area contributed by atoms with E-state index in [1.54, 1.807) is 25.3 Å². The molecule has 0 radical (unpaired) electrons. The third-order valence-electron chi connectivity index (χ3n) is 3.16. The number of alkyl halides is 2. The Labute approximate surface area is 130 Å².